The van der Waals surface area contributed by atoms with Crippen LogP contribution >= 0.6 is 0 Å². The molecule has 0 saturated carbocycles. The number of nitrogens with one attached hydrogen (secondary N) is 2. The molecule has 1 atom stereocenters. The van der Waals surface area contributed by atoms with Crippen molar-refractivity contribution in [2.45, 2.75) is 6.04 Å². The number of para-hydroxylation sites is 1. The molecule has 140 valence electrons. The zero-order chi connectivity index (χ0) is 18.5. The van der Waals surface area contributed by atoms with Gasteiger partial charge in [0.1, 0.15) is 5.82 Å². The van der Waals surface area contributed by atoms with Crippen molar-refractivity contribution < 1.29 is 0 Å². The summed E-state index contributed by atoms with van der Waals surface area (Å²) in [6.45, 7) is 5.20. The van der Waals surface area contributed by atoms with Crippen molar-refractivity contribution >= 4 is 5.69 Å². The van der Waals surface area contributed by atoms with Crippen molar-refractivity contribution in [3.05, 3.63) is 60.7 Å². The van der Waals surface area contributed by atoms with E-state index in [1.165, 1.54) is 0 Å². The number of benzene rings is 1. The molecule has 27 heavy (non-hydrogen) atoms. The highest BCUT2D eigenvalue weighted by atomic mass is 15.3. The van der Waals surface area contributed by atoms with Gasteiger partial charge in [-0.2, -0.15) is 5.10 Å². The van der Waals surface area contributed by atoms with Crippen molar-refractivity contribution in [1.29, 1.82) is 0 Å². The summed E-state index contributed by atoms with van der Waals surface area (Å²) in [5, 5.41) is 11.2. The maximum atomic E-state index is 4.76. The lowest BCUT2D eigenvalue weighted by atomic mass is 10.2. The van der Waals surface area contributed by atoms with E-state index in [0.717, 1.165) is 49.8 Å². The normalized spacial score (nSPS) is 16.9. The summed E-state index contributed by atoms with van der Waals surface area (Å²) in [6, 6.07) is 14.2. The molecule has 2 aromatic heterocycles. The van der Waals surface area contributed by atoms with Crippen molar-refractivity contribution in [2.75, 3.05) is 45.1 Å². The van der Waals surface area contributed by atoms with Crippen LogP contribution in [0, 0.1) is 0 Å². The molecule has 1 fully saturated rings. The second-order valence-corrected chi connectivity index (χ2v) is 6.95. The van der Waals surface area contributed by atoms with E-state index in [-0.39, 0.29) is 6.04 Å². The van der Waals surface area contributed by atoms with Gasteiger partial charge in [-0.05, 0) is 31.3 Å². The number of hydrogen-bond acceptors (Lipinski definition) is 6. The Kier molecular flexibility index (Phi) is 5.41. The van der Waals surface area contributed by atoms with Gasteiger partial charge in [-0.25, -0.2) is 4.98 Å². The monoisotopic (exact) mass is 363 g/mol. The third-order valence-corrected chi connectivity index (χ3v) is 4.92. The van der Waals surface area contributed by atoms with Crippen LogP contribution in [-0.2, 0) is 0 Å². The van der Waals surface area contributed by atoms with Crippen LogP contribution in [0.2, 0.25) is 0 Å². The van der Waals surface area contributed by atoms with Gasteiger partial charge in [0, 0.05) is 56.4 Å². The van der Waals surface area contributed by atoms with Crippen LogP contribution in [0.4, 0.5) is 5.69 Å². The fraction of sp³-hybridized carbons (Fsp3) is 0.350. The van der Waals surface area contributed by atoms with Crippen LogP contribution in [0.5, 0.6) is 0 Å². The molecule has 1 unspecified atom stereocenters. The lowest BCUT2D eigenvalue weighted by Gasteiger charge is -2.34. The molecule has 3 aromatic rings. The number of nitrogens with zero attached hydrogens (tertiary/aromatic N) is 5. The second-order valence-electron chi connectivity index (χ2n) is 6.95. The molecule has 0 amide bonds. The highest BCUT2D eigenvalue weighted by Crippen LogP contribution is 2.21. The number of rotatable bonds is 6. The van der Waals surface area contributed by atoms with Crippen molar-refractivity contribution in [1.82, 2.24) is 30.0 Å². The molecule has 1 aliphatic heterocycles. The topological polar surface area (TPSA) is 73.0 Å². The Labute approximate surface area is 159 Å². The number of H-pyrrole nitrogens is 1. The molecule has 2 N–H and O–H groups in total. The standard InChI is InChI=1S/C20H25N7/c1-26-11-13-27(14-12-26)15-18(22-17-5-3-2-4-6-17)20-23-19(24-25-20)16-7-9-21-10-8-16/h2-10,18,22H,11-15H2,1H3,(H,23,24,25). The average Bonchev–Trinajstić information content (AvgIpc) is 3.21. The number of pyridine rings is 1. The van der Waals surface area contributed by atoms with Crippen LogP contribution < -0.4 is 5.32 Å². The molecule has 1 saturated heterocycles. The number of piperazine rings is 1. The Hall–Kier alpha value is -2.77. The molecule has 1 aliphatic rings. The summed E-state index contributed by atoms with van der Waals surface area (Å²) >= 11 is 0. The van der Waals surface area contributed by atoms with Crippen LogP contribution in [0.3, 0.4) is 0 Å². The maximum Gasteiger partial charge on any atom is 0.181 e. The number of anilines is 1. The predicted octanol–water partition coefficient (Wildman–Crippen LogP) is 2.27. The Bertz CT molecular complexity index is 826. The maximum absolute atomic E-state index is 4.76. The van der Waals surface area contributed by atoms with Gasteiger partial charge in [-0.3, -0.25) is 15.0 Å². The van der Waals surface area contributed by atoms with E-state index in [0.29, 0.717) is 5.82 Å². The van der Waals surface area contributed by atoms with Crippen LogP contribution in [0.1, 0.15) is 11.9 Å². The van der Waals surface area contributed by atoms with Crippen molar-refractivity contribution in [2.24, 2.45) is 0 Å². The number of aromatic amines is 1. The number of aromatic nitrogens is 4. The van der Waals surface area contributed by atoms with Gasteiger partial charge in [0.2, 0.25) is 0 Å². The Morgan fingerprint density at radius 3 is 2.52 bits per heavy atom. The zero-order valence-corrected chi connectivity index (χ0v) is 15.5. The molecule has 0 bridgehead atoms. The molecule has 7 heteroatoms. The summed E-state index contributed by atoms with van der Waals surface area (Å²) < 4.78 is 0. The fourth-order valence-corrected chi connectivity index (χ4v) is 3.28. The fourth-order valence-electron chi connectivity index (χ4n) is 3.28. The summed E-state index contributed by atoms with van der Waals surface area (Å²) in [7, 11) is 2.18. The highest BCUT2D eigenvalue weighted by Gasteiger charge is 2.22. The molecule has 3 heterocycles. The smallest absolute Gasteiger partial charge is 0.181 e. The molecule has 0 aliphatic carbocycles. The predicted molar refractivity (Wildman–Crippen MR) is 106 cm³/mol. The quantitative estimate of drug-likeness (QED) is 0.700. The van der Waals surface area contributed by atoms with Gasteiger partial charge in [0.05, 0.1) is 6.04 Å². The first-order valence-electron chi connectivity index (χ1n) is 9.33. The average molecular weight is 363 g/mol. The molecule has 7 nitrogen and oxygen atoms in total. The van der Waals surface area contributed by atoms with Gasteiger partial charge in [-0.15, -0.1) is 0 Å². The Morgan fingerprint density at radius 2 is 1.78 bits per heavy atom. The van der Waals surface area contributed by atoms with E-state index >= 15 is 0 Å². The first-order valence-corrected chi connectivity index (χ1v) is 9.33. The van der Waals surface area contributed by atoms with Crippen LogP contribution in [0.15, 0.2) is 54.9 Å². The Balaban J connectivity index is 1.54. The molecule has 4 rings (SSSR count). The SMILES string of the molecule is CN1CCN(CC(Nc2ccccc2)c2nc(-c3ccncc3)n[nH]2)CC1. The highest BCUT2D eigenvalue weighted by molar-refractivity contribution is 5.53. The number of hydrogen-bond donors (Lipinski definition) is 2. The van der Waals surface area contributed by atoms with E-state index in [1.54, 1.807) is 12.4 Å². The first-order chi connectivity index (χ1) is 13.3. The summed E-state index contributed by atoms with van der Waals surface area (Å²) in [4.78, 5) is 13.7. The molecular formula is C20H25N7. The van der Waals surface area contributed by atoms with E-state index in [9.17, 15) is 0 Å². The summed E-state index contributed by atoms with van der Waals surface area (Å²) in [5.41, 5.74) is 2.05. The van der Waals surface area contributed by atoms with E-state index in [1.807, 2.05) is 30.3 Å². The second kappa shape index (κ2) is 8.28. The molecule has 0 spiro atoms. The lowest BCUT2D eigenvalue weighted by Crippen LogP contribution is -2.46. The van der Waals surface area contributed by atoms with E-state index in [2.05, 4.69) is 49.5 Å². The van der Waals surface area contributed by atoms with Crippen LogP contribution in [-0.4, -0.2) is 69.7 Å². The van der Waals surface area contributed by atoms with Gasteiger partial charge < -0.3 is 10.2 Å². The minimum absolute atomic E-state index is 0.0406. The third kappa shape index (κ3) is 4.50. The summed E-state index contributed by atoms with van der Waals surface area (Å²) in [5.74, 6) is 1.55. The molecule has 1 aromatic carbocycles. The first kappa shape index (κ1) is 17.6. The number of likely N-dealkylation sites (N-methyl/N-ethyl adjacent to an activating group) is 1. The zero-order valence-electron chi connectivity index (χ0n) is 15.5. The minimum atomic E-state index is 0.0406. The largest absolute Gasteiger partial charge is 0.374 e. The minimum Gasteiger partial charge on any atom is -0.374 e. The van der Waals surface area contributed by atoms with Crippen molar-refractivity contribution in [3.8, 4) is 11.4 Å². The van der Waals surface area contributed by atoms with E-state index in [4.69, 9.17) is 4.98 Å². The van der Waals surface area contributed by atoms with E-state index < -0.39 is 0 Å². The van der Waals surface area contributed by atoms with Gasteiger partial charge in [-0.1, -0.05) is 18.2 Å². The summed E-state index contributed by atoms with van der Waals surface area (Å²) in [6.07, 6.45) is 3.52. The van der Waals surface area contributed by atoms with Crippen molar-refractivity contribution in [3.63, 3.8) is 0 Å². The Morgan fingerprint density at radius 1 is 1.04 bits per heavy atom. The third-order valence-electron chi connectivity index (χ3n) is 4.92. The lowest BCUT2D eigenvalue weighted by molar-refractivity contribution is 0.149. The van der Waals surface area contributed by atoms with Gasteiger partial charge in [0.25, 0.3) is 0 Å². The van der Waals surface area contributed by atoms with Gasteiger partial charge >= 0.3 is 0 Å². The van der Waals surface area contributed by atoms with Crippen LogP contribution in [0.25, 0.3) is 11.4 Å². The molecule has 0 radical (unpaired) electrons. The van der Waals surface area contributed by atoms with Gasteiger partial charge in [0.15, 0.2) is 5.82 Å². The molecular weight excluding hydrogens is 338 g/mol.